The first-order chi connectivity index (χ1) is 7.50. The Labute approximate surface area is 95.5 Å². The molecule has 0 spiro atoms. The number of nitrogens with zero attached hydrogens (tertiary/aromatic N) is 1. The maximum atomic E-state index is 11.7. The normalized spacial score (nSPS) is 12.5. The molecule has 0 amide bonds. The Morgan fingerprint density at radius 1 is 1.44 bits per heavy atom. The fourth-order valence-electron chi connectivity index (χ4n) is 1.44. The summed E-state index contributed by atoms with van der Waals surface area (Å²) < 4.78 is 5.19. The van der Waals surface area contributed by atoms with Crippen LogP contribution in [0.4, 0.5) is 0 Å². The Balaban J connectivity index is 2.63. The lowest BCUT2D eigenvalue weighted by molar-refractivity contribution is 0.0286. The van der Waals surface area contributed by atoms with Crippen molar-refractivity contribution in [1.29, 1.82) is 0 Å². The average molecular weight is 223 g/mol. The van der Waals surface area contributed by atoms with Gasteiger partial charge in [-0.1, -0.05) is 12.1 Å². The van der Waals surface area contributed by atoms with Crippen LogP contribution in [0.3, 0.4) is 0 Å². The van der Waals surface area contributed by atoms with Gasteiger partial charge < -0.3 is 14.7 Å². The van der Waals surface area contributed by atoms with Gasteiger partial charge in [0.25, 0.3) is 0 Å². The van der Waals surface area contributed by atoms with Crippen molar-refractivity contribution in [1.82, 2.24) is 4.90 Å². The van der Waals surface area contributed by atoms with Crippen molar-refractivity contribution < 1.29 is 14.6 Å². The molecule has 1 aromatic carbocycles. The molecule has 4 nitrogen and oxygen atoms in total. The number of para-hydroxylation sites is 1. The number of carbonyl (C=O) groups excluding carboxylic acids is 1. The van der Waals surface area contributed by atoms with Gasteiger partial charge in [0.15, 0.2) is 0 Å². The van der Waals surface area contributed by atoms with Crippen LogP contribution in [0, 0.1) is 0 Å². The SMILES string of the molecule is CC(CN(C)C)OC(=O)c1ccccc1O. The first-order valence-electron chi connectivity index (χ1n) is 5.14. The number of benzene rings is 1. The van der Waals surface area contributed by atoms with E-state index in [4.69, 9.17) is 4.74 Å². The van der Waals surface area contributed by atoms with Gasteiger partial charge in [0, 0.05) is 6.54 Å². The van der Waals surface area contributed by atoms with E-state index in [9.17, 15) is 9.90 Å². The van der Waals surface area contributed by atoms with Crippen LogP contribution in [0.2, 0.25) is 0 Å². The molecule has 1 N–H and O–H groups in total. The Kier molecular flexibility index (Phi) is 4.31. The van der Waals surface area contributed by atoms with E-state index in [1.807, 2.05) is 25.9 Å². The summed E-state index contributed by atoms with van der Waals surface area (Å²) in [5.74, 6) is -0.544. The summed E-state index contributed by atoms with van der Waals surface area (Å²) in [5, 5.41) is 9.46. The van der Waals surface area contributed by atoms with Crippen LogP contribution in [0.25, 0.3) is 0 Å². The summed E-state index contributed by atoms with van der Waals surface area (Å²) in [6, 6.07) is 6.36. The molecule has 16 heavy (non-hydrogen) atoms. The third-order valence-electron chi connectivity index (χ3n) is 2.05. The number of likely N-dealkylation sites (N-methyl/N-ethyl adjacent to an activating group) is 1. The van der Waals surface area contributed by atoms with Gasteiger partial charge in [0.1, 0.15) is 17.4 Å². The van der Waals surface area contributed by atoms with Crippen molar-refractivity contribution in [3.05, 3.63) is 29.8 Å². The average Bonchev–Trinajstić information content (AvgIpc) is 2.16. The quantitative estimate of drug-likeness (QED) is 0.786. The third kappa shape index (κ3) is 3.55. The minimum absolute atomic E-state index is 0.0513. The summed E-state index contributed by atoms with van der Waals surface area (Å²) in [4.78, 5) is 13.6. The highest BCUT2D eigenvalue weighted by Crippen LogP contribution is 2.17. The molecule has 0 saturated carbocycles. The summed E-state index contributed by atoms with van der Waals surface area (Å²) in [6.07, 6.45) is -0.206. The number of aromatic hydroxyl groups is 1. The second-order valence-corrected chi connectivity index (χ2v) is 4.00. The molecule has 0 fully saturated rings. The van der Waals surface area contributed by atoms with Crippen LogP contribution in [-0.2, 0) is 4.74 Å². The lowest BCUT2D eigenvalue weighted by Gasteiger charge is -2.17. The number of esters is 1. The van der Waals surface area contributed by atoms with Crippen LogP contribution >= 0.6 is 0 Å². The molecule has 0 aliphatic carbocycles. The zero-order chi connectivity index (χ0) is 12.1. The van der Waals surface area contributed by atoms with Crippen molar-refractivity contribution >= 4 is 5.97 Å². The van der Waals surface area contributed by atoms with Crippen LogP contribution < -0.4 is 0 Å². The molecule has 88 valence electrons. The molecule has 0 bridgehead atoms. The number of carbonyl (C=O) groups is 1. The molecule has 1 rings (SSSR count). The zero-order valence-electron chi connectivity index (χ0n) is 9.80. The Bertz CT molecular complexity index is 363. The van der Waals surface area contributed by atoms with Gasteiger partial charge in [-0.15, -0.1) is 0 Å². The Morgan fingerprint density at radius 3 is 2.62 bits per heavy atom. The van der Waals surface area contributed by atoms with E-state index in [2.05, 4.69) is 0 Å². The number of hydrogen-bond donors (Lipinski definition) is 1. The molecule has 0 heterocycles. The second-order valence-electron chi connectivity index (χ2n) is 4.00. The predicted molar refractivity (Wildman–Crippen MR) is 61.5 cm³/mol. The zero-order valence-corrected chi connectivity index (χ0v) is 9.80. The Morgan fingerprint density at radius 2 is 2.06 bits per heavy atom. The molecular formula is C12H17NO3. The van der Waals surface area contributed by atoms with E-state index in [0.29, 0.717) is 6.54 Å². The molecule has 4 heteroatoms. The van der Waals surface area contributed by atoms with Crippen LogP contribution in [0.5, 0.6) is 5.75 Å². The van der Waals surface area contributed by atoms with E-state index in [-0.39, 0.29) is 17.4 Å². The highest BCUT2D eigenvalue weighted by molar-refractivity contribution is 5.92. The fourth-order valence-corrected chi connectivity index (χ4v) is 1.44. The topological polar surface area (TPSA) is 49.8 Å². The number of rotatable bonds is 4. The molecule has 0 aromatic heterocycles. The highest BCUT2D eigenvalue weighted by atomic mass is 16.5. The van der Waals surface area contributed by atoms with Crippen LogP contribution in [0.15, 0.2) is 24.3 Å². The second kappa shape index (κ2) is 5.51. The highest BCUT2D eigenvalue weighted by Gasteiger charge is 2.15. The maximum absolute atomic E-state index is 11.7. The lowest BCUT2D eigenvalue weighted by Crippen LogP contribution is -2.28. The van der Waals surface area contributed by atoms with Gasteiger partial charge in [-0.3, -0.25) is 0 Å². The van der Waals surface area contributed by atoms with Gasteiger partial charge in [0.05, 0.1) is 0 Å². The summed E-state index contributed by atoms with van der Waals surface area (Å²) >= 11 is 0. The number of hydrogen-bond acceptors (Lipinski definition) is 4. The molecule has 1 aromatic rings. The van der Waals surface area contributed by atoms with Gasteiger partial charge in [-0.25, -0.2) is 4.79 Å². The summed E-state index contributed by atoms with van der Waals surface area (Å²) in [6.45, 7) is 2.47. The summed E-state index contributed by atoms with van der Waals surface area (Å²) in [5.41, 5.74) is 0.202. The third-order valence-corrected chi connectivity index (χ3v) is 2.05. The first-order valence-corrected chi connectivity index (χ1v) is 5.14. The van der Waals surface area contributed by atoms with Gasteiger partial charge in [-0.05, 0) is 33.2 Å². The first kappa shape index (κ1) is 12.5. The lowest BCUT2D eigenvalue weighted by atomic mass is 10.2. The van der Waals surface area contributed by atoms with E-state index in [1.165, 1.54) is 6.07 Å². The molecule has 1 unspecified atom stereocenters. The largest absolute Gasteiger partial charge is 0.507 e. The number of phenols is 1. The maximum Gasteiger partial charge on any atom is 0.342 e. The van der Waals surface area contributed by atoms with Crippen molar-refractivity contribution in [2.75, 3.05) is 20.6 Å². The summed E-state index contributed by atoms with van der Waals surface area (Å²) in [7, 11) is 3.81. The van der Waals surface area contributed by atoms with Crippen molar-refractivity contribution in [3.63, 3.8) is 0 Å². The van der Waals surface area contributed by atoms with E-state index in [1.54, 1.807) is 18.2 Å². The van der Waals surface area contributed by atoms with E-state index >= 15 is 0 Å². The van der Waals surface area contributed by atoms with Gasteiger partial charge in [0.2, 0.25) is 0 Å². The number of phenolic OH excluding ortho intramolecular Hbond substituents is 1. The minimum atomic E-state index is -0.493. The standard InChI is InChI=1S/C12H17NO3/c1-9(8-13(2)3)16-12(15)10-6-4-5-7-11(10)14/h4-7,9,14H,8H2,1-3H3. The fraction of sp³-hybridized carbons (Fsp3) is 0.417. The number of ether oxygens (including phenoxy) is 1. The van der Waals surface area contributed by atoms with Crippen molar-refractivity contribution in [2.24, 2.45) is 0 Å². The van der Waals surface area contributed by atoms with Gasteiger partial charge >= 0.3 is 5.97 Å². The van der Waals surface area contributed by atoms with Crippen molar-refractivity contribution in [2.45, 2.75) is 13.0 Å². The van der Waals surface area contributed by atoms with Crippen LogP contribution in [0.1, 0.15) is 17.3 Å². The van der Waals surface area contributed by atoms with Crippen LogP contribution in [-0.4, -0.2) is 42.7 Å². The molecule has 0 aliphatic heterocycles. The van der Waals surface area contributed by atoms with Crippen molar-refractivity contribution in [3.8, 4) is 5.75 Å². The van der Waals surface area contributed by atoms with E-state index < -0.39 is 5.97 Å². The molecule has 0 radical (unpaired) electrons. The molecule has 0 aliphatic rings. The monoisotopic (exact) mass is 223 g/mol. The molecule has 1 atom stereocenters. The molecule has 0 saturated heterocycles. The smallest absolute Gasteiger partial charge is 0.342 e. The Hall–Kier alpha value is -1.55. The predicted octanol–water partition coefficient (Wildman–Crippen LogP) is 1.50. The minimum Gasteiger partial charge on any atom is -0.507 e. The van der Waals surface area contributed by atoms with Gasteiger partial charge in [-0.2, -0.15) is 0 Å². The molecular weight excluding hydrogens is 206 g/mol. The van der Waals surface area contributed by atoms with E-state index in [0.717, 1.165) is 0 Å².